The van der Waals surface area contributed by atoms with E-state index in [4.69, 9.17) is 11.6 Å². The number of nitrogens with one attached hydrogen (secondary N) is 1. The van der Waals surface area contributed by atoms with E-state index in [0.717, 1.165) is 15.6 Å². The van der Waals surface area contributed by atoms with E-state index in [0.29, 0.717) is 10.7 Å². The largest absolute Gasteiger partial charge is 0.481 e. The highest BCUT2D eigenvalue weighted by Gasteiger charge is 2.22. The summed E-state index contributed by atoms with van der Waals surface area (Å²) >= 11 is 9.21. The lowest BCUT2D eigenvalue weighted by atomic mass is 9.96. The molecule has 0 aliphatic carbocycles. The third-order valence-corrected chi connectivity index (χ3v) is 4.48. The number of aliphatic carboxylic acids is 1. The van der Waals surface area contributed by atoms with Crippen molar-refractivity contribution >= 4 is 45.1 Å². The van der Waals surface area contributed by atoms with Crippen LogP contribution >= 0.6 is 27.5 Å². The van der Waals surface area contributed by atoms with Crippen molar-refractivity contribution in [3.8, 4) is 0 Å². The third kappa shape index (κ3) is 5.35. The predicted octanol–water partition coefficient (Wildman–Crippen LogP) is 4.68. The van der Waals surface area contributed by atoms with Crippen molar-refractivity contribution in [1.29, 1.82) is 0 Å². The maximum absolute atomic E-state index is 12.2. The van der Waals surface area contributed by atoms with Gasteiger partial charge >= 0.3 is 5.97 Å². The Hall–Kier alpha value is -1.85. The number of carboxylic acid groups (broad SMARTS) is 1. The van der Waals surface area contributed by atoms with Crippen LogP contribution in [0.15, 0.2) is 46.9 Å². The normalized spacial score (nSPS) is 11.8. The van der Waals surface area contributed by atoms with Crippen LogP contribution < -0.4 is 5.32 Å². The third-order valence-electron chi connectivity index (χ3n) is 3.58. The molecule has 1 amide bonds. The summed E-state index contributed by atoms with van der Waals surface area (Å²) in [7, 11) is 0. The fourth-order valence-electron chi connectivity index (χ4n) is 2.30. The standard InChI is InChI=1S/C18H17BrClNO3/c1-11-2-7-16(15(19)8-11)21-17(22)10-13(18(23)24)9-12-3-5-14(20)6-4-12/h2-8,13H,9-10H2,1H3,(H,21,22)(H,23,24). The van der Waals surface area contributed by atoms with Crippen molar-refractivity contribution in [3.05, 3.63) is 63.1 Å². The molecule has 2 rings (SSSR count). The summed E-state index contributed by atoms with van der Waals surface area (Å²) in [6.45, 7) is 1.95. The van der Waals surface area contributed by atoms with Crippen LogP contribution in [-0.4, -0.2) is 17.0 Å². The van der Waals surface area contributed by atoms with Gasteiger partial charge in [-0.25, -0.2) is 0 Å². The fourth-order valence-corrected chi connectivity index (χ4v) is 3.02. The summed E-state index contributed by atoms with van der Waals surface area (Å²) < 4.78 is 0.764. The molecule has 0 bridgehead atoms. The lowest BCUT2D eigenvalue weighted by molar-refractivity contribution is -0.143. The van der Waals surface area contributed by atoms with Crippen LogP contribution in [0.3, 0.4) is 0 Å². The first-order valence-corrected chi connectivity index (χ1v) is 8.55. The molecule has 24 heavy (non-hydrogen) atoms. The zero-order valence-electron chi connectivity index (χ0n) is 13.1. The van der Waals surface area contributed by atoms with E-state index in [1.807, 2.05) is 19.1 Å². The highest BCUT2D eigenvalue weighted by Crippen LogP contribution is 2.24. The summed E-state index contributed by atoms with van der Waals surface area (Å²) in [6, 6.07) is 12.5. The van der Waals surface area contributed by atoms with Crippen molar-refractivity contribution < 1.29 is 14.7 Å². The molecular formula is C18H17BrClNO3. The first-order valence-electron chi connectivity index (χ1n) is 7.38. The fraction of sp³-hybridized carbons (Fsp3) is 0.222. The maximum Gasteiger partial charge on any atom is 0.307 e. The molecule has 0 saturated carbocycles. The Morgan fingerprint density at radius 3 is 2.46 bits per heavy atom. The Kier molecular flexibility index (Phi) is 6.40. The number of aryl methyl sites for hydroxylation is 1. The van der Waals surface area contributed by atoms with Crippen molar-refractivity contribution in [2.45, 2.75) is 19.8 Å². The molecule has 1 atom stereocenters. The molecule has 0 aromatic heterocycles. The predicted molar refractivity (Wildman–Crippen MR) is 98.4 cm³/mol. The number of carboxylic acids is 1. The molecule has 4 nitrogen and oxygen atoms in total. The van der Waals surface area contributed by atoms with Gasteiger partial charge in [-0.2, -0.15) is 0 Å². The van der Waals surface area contributed by atoms with Gasteiger partial charge in [-0.05, 0) is 64.7 Å². The minimum absolute atomic E-state index is 0.0989. The van der Waals surface area contributed by atoms with E-state index in [9.17, 15) is 14.7 Å². The van der Waals surface area contributed by atoms with Crippen molar-refractivity contribution in [1.82, 2.24) is 0 Å². The molecule has 0 fully saturated rings. The second-order valence-electron chi connectivity index (χ2n) is 5.60. The summed E-state index contributed by atoms with van der Waals surface area (Å²) in [4.78, 5) is 23.6. The van der Waals surface area contributed by atoms with Crippen molar-refractivity contribution in [2.75, 3.05) is 5.32 Å². The molecule has 126 valence electrons. The molecule has 0 aliphatic rings. The number of carbonyl (C=O) groups is 2. The van der Waals surface area contributed by atoms with Crippen LogP contribution in [0.4, 0.5) is 5.69 Å². The van der Waals surface area contributed by atoms with Gasteiger partial charge in [-0.3, -0.25) is 9.59 Å². The summed E-state index contributed by atoms with van der Waals surface area (Å²) in [5.74, 6) is -2.13. The Balaban J connectivity index is 2.02. The van der Waals surface area contributed by atoms with Gasteiger partial charge in [-0.1, -0.05) is 29.8 Å². The Bertz CT molecular complexity index is 746. The molecule has 0 heterocycles. The summed E-state index contributed by atoms with van der Waals surface area (Å²) in [5, 5.41) is 12.7. The zero-order valence-corrected chi connectivity index (χ0v) is 15.4. The van der Waals surface area contributed by atoms with Crippen LogP contribution in [0.5, 0.6) is 0 Å². The van der Waals surface area contributed by atoms with Crippen LogP contribution in [0, 0.1) is 12.8 Å². The van der Waals surface area contributed by atoms with Gasteiger partial charge in [0.15, 0.2) is 0 Å². The van der Waals surface area contributed by atoms with Crippen LogP contribution in [-0.2, 0) is 16.0 Å². The molecule has 0 saturated heterocycles. The van der Waals surface area contributed by atoms with Gasteiger partial charge in [0.25, 0.3) is 0 Å². The van der Waals surface area contributed by atoms with Crippen molar-refractivity contribution in [3.63, 3.8) is 0 Å². The van der Waals surface area contributed by atoms with Gasteiger partial charge < -0.3 is 10.4 Å². The molecule has 2 aromatic rings. The molecule has 2 aromatic carbocycles. The molecule has 0 aliphatic heterocycles. The monoisotopic (exact) mass is 409 g/mol. The molecule has 0 spiro atoms. The first kappa shape index (κ1) is 18.5. The van der Waals surface area contributed by atoms with Gasteiger partial charge in [0, 0.05) is 15.9 Å². The van der Waals surface area contributed by atoms with E-state index < -0.39 is 11.9 Å². The SMILES string of the molecule is Cc1ccc(NC(=O)CC(Cc2ccc(Cl)cc2)C(=O)O)c(Br)c1. The number of amides is 1. The van der Waals surface area contributed by atoms with Gasteiger partial charge in [0.05, 0.1) is 11.6 Å². The first-order chi connectivity index (χ1) is 11.3. The Labute approximate surface area is 154 Å². The minimum Gasteiger partial charge on any atom is -0.481 e. The topological polar surface area (TPSA) is 66.4 Å². The second-order valence-corrected chi connectivity index (χ2v) is 6.89. The van der Waals surface area contributed by atoms with Crippen LogP contribution in [0.2, 0.25) is 5.02 Å². The van der Waals surface area contributed by atoms with E-state index in [1.165, 1.54) is 0 Å². The number of halogens is 2. The number of hydrogen-bond donors (Lipinski definition) is 2. The second kappa shape index (κ2) is 8.31. The van der Waals surface area contributed by atoms with E-state index >= 15 is 0 Å². The molecule has 1 unspecified atom stereocenters. The Morgan fingerprint density at radius 1 is 1.21 bits per heavy atom. The van der Waals surface area contributed by atoms with Crippen molar-refractivity contribution in [2.24, 2.45) is 5.92 Å². The number of hydrogen-bond acceptors (Lipinski definition) is 2. The van der Waals surface area contributed by atoms with Gasteiger partial charge in [0.1, 0.15) is 0 Å². The van der Waals surface area contributed by atoms with Gasteiger partial charge in [-0.15, -0.1) is 0 Å². The minimum atomic E-state index is -0.997. The lowest BCUT2D eigenvalue weighted by Crippen LogP contribution is -2.24. The van der Waals surface area contributed by atoms with E-state index in [2.05, 4.69) is 21.2 Å². The van der Waals surface area contributed by atoms with E-state index in [-0.39, 0.29) is 18.7 Å². The average Bonchev–Trinajstić information content (AvgIpc) is 2.51. The summed E-state index contributed by atoms with van der Waals surface area (Å²) in [6.07, 6.45) is 0.174. The molecule has 2 N–H and O–H groups in total. The molecular weight excluding hydrogens is 394 g/mol. The number of benzene rings is 2. The lowest BCUT2D eigenvalue weighted by Gasteiger charge is -2.13. The summed E-state index contributed by atoms with van der Waals surface area (Å²) in [5.41, 5.74) is 2.52. The van der Waals surface area contributed by atoms with E-state index in [1.54, 1.807) is 30.3 Å². The van der Waals surface area contributed by atoms with Crippen LogP contribution in [0.1, 0.15) is 17.5 Å². The zero-order chi connectivity index (χ0) is 17.7. The molecule has 0 radical (unpaired) electrons. The highest BCUT2D eigenvalue weighted by atomic mass is 79.9. The average molecular weight is 411 g/mol. The molecule has 6 heteroatoms. The quantitative estimate of drug-likeness (QED) is 0.726. The number of carbonyl (C=O) groups excluding carboxylic acids is 1. The maximum atomic E-state index is 12.2. The number of rotatable bonds is 6. The van der Waals surface area contributed by atoms with Crippen LogP contribution in [0.25, 0.3) is 0 Å². The van der Waals surface area contributed by atoms with Gasteiger partial charge in [0.2, 0.25) is 5.91 Å². The highest BCUT2D eigenvalue weighted by molar-refractivity contribution is 9.10. The Morgan fingerprint density at radius 2 is 1.88 bits per heavy atom. The smallest absolute Gasteiger partial charge is 0.307 e. The number of anilines is 1.